The van der Waals surface area contributed by atoms with E-state index in [4.69, 9.17) is 4.74 Å². The van der Waals surface area contributed by atoms with Crippen LogP contribution in [0.25, 0.3) is 16.6 Å². The van der Waals surface area contributed by atoms with E-state index in [0.29, 0.717) is 47.1 Å². The average molecular weight is 423 g/mol. The van der Waals surface area contributed by atoms with Gasteiger partial charge >= 0.3 is 0 Å². The first-order chi connectivity index (χ1) is 15.0. The number of ether oxygens (including phenoxy) is 1. The molecule has 0 unspecified atom stereocenters. The van der Waals surface area contributed by atoms with Crippen LogP contribution in [-0.4, -0.2) is 38.7 Å². The molecule has 31 heavy (non-hydrogen) atoms. The Labute approximate surface area is 176 Å². The Balaban J connectivity index is 1.38. The van der Waals surface area contributed by atoms with E-state index in [-0.39, 0.29) is 17.3 Å². The van der Waals surface area contributed by atoms with Crippen LogP contribution < -0.4 is 10.9 Å². The third kappa shape index (κ3) is 3.72. The van der Waals surface area contributed by atoms with Crippen molar-refractivity contribution < 1.29 is 13.9 Å². The molecular weight excluding hydrogens is 401 g/mol. The minimum absolute atomic E-state index is 0.236. The lowest BCUT2D eigenvalue weighted by molar-refractivity contribution is 0.0844. The van der Waals surface area contributed by atoms with Gasteiger partial charge in [-0.25, -0.2) is 13.9 Å². The zero-order chi connectivity index (χ0) is 21.5. The summed E-state index contributed by atoms with van der Waals surface area (Å²) >= 11 is 0. The summed E-state index contributed by atoms with van der Waals surface area (Å²) in [5.74, 6) is -0.415. The number of rotatable bonds is 4. The van der Waals surface area contributed by atoms with Crippen LogP contribution in [0.5, 0.6) is 0 Å². The third-order valence-corrected chi connectivity index (χ3v) is 5.77. The van der Waals surface area contributed by atoms with Crippen LogP contribution in [0, 0.1) is 5.82 Å². The van der Waals surface area contributed by atoms with Crippen LogP contribution in [0.4, 0.5) is 4.39 Å². The minimum atomic E-state index is -0.491. The highest BCUT2D eigenvalue weighted by Gasteiger charge is 2.20. The smallest absolute Gasteiger partial charge is 0.272 e. The third-order valence-electron chi connectivity index (χ3n) is 5.77. The Hall–Kier alpha value is -3.46. The van der Waals surface area contributed by atoms with Gasteiger partial charge in [0.1, 0.15) is 11.5 Å². The molecule has 4 aromatic rings. The fraction of sp³-hybridized carbons (Fsp3) is 0.318. The number of halogens is 1. The fourth-order valence-electron chi connectivity index (χ4n) is 4.04. The lowest BCUT2D eigenvalue weighted by Gasteiger charge is -2.20. The van der Waals surface area contributed by atoms with Gasteiger partial charge in [-0.05, 0) is 44.0 Å². The maximum Gasteiger partial charge on any atom is 0.272 e. The number of nitrogens with zero attached hydrogens (tertiary/aromatic N) is 2. The van der Waals surface area contributed by atoms with Gasteiger partial charge in [-0.1, -0.05) is 0 Å². The van der Waals surface area contributed by atoms with Gasteiger partial charge in [-0.2, -0.15) is 0 Å². The molecule has 1 atom stereocenters. The van der Waals surface area contributed by atoms with Crippen molar-refractivity contribution in [1.82, 2.24) is 24.9 Å². The standard InChI is InChI=1S/C22H22FN5O3/c1-12(24-22(30)19-9-14-8-15(23)2-3-16(14)25-19)17-11-21(29)28-20(26-17)10-18(27-28)13-4-6-31-7-5-13/h2-3,8-13,25,27H,4-7H2,1H3,(H,24,30)/t12-/m0/s1. The van der Waals surface area contributed by atoms with E-state index in [2.05, 4.69) is 20.4 Å². The summed E-state index contributed by atoms with van der Waals surface area (Å²) in [6, 6.07) is 8.70. The molecule has 9 heteroatoms. The molecule has 1 aromatic carbocycles. The van der Waals surface area contributed by atoms with Gasteiger partial charge in [0.05, 0.1) is 11.7 Å². The normalized spacial score (nSPS) is 16.1. The molecule has 1 saturated heterocycles. The lowest BCUT2D eigenvalue weighted by atomic mass is 9.97. The van der Waals surface area contributed by atoms with E-state index in [1.54, 1.807) is 19.1 Å². The molecule has 0 radical (unpaired) electrons. The number of aromatic nitrogens is 4. The Bertz CT molecular complexity index is 1330. The number of carbonyl (C=O) groups excluding carboxylic acids is 1. The van der Waals surface area contributed by atoms with Crippen molar-refractivity contribution in [1.29, 1.82) is 0 Å². The number of aromatic amines is 2. The van der Waals surface area contributed by atoms with Gasteiger partial charge in [0.25, 0.3) is 11.5 Å². The Kier molecular flexibility index (Phi) is 4.82. The van der Waals surface area contributed by atoms with Crippen LogP contribution in [-0.2, 0) is 4.74 Å². The monoisotopic (exact) mass is 423 g/mol. The highest BCUT2D eigenvalue weighted by Crippen LogP contribution is 2.26. The average Bonchev–Trinajstić information content (AvgIpc) is 3.38. The van der Waals surface area contributed by atoms with E-state index in [1.807, 2.05) is 6.07 Å². The summed E-state index contributed by atoms with van der Waals surface area (Å²) in [6.07, 6.45) is 1.80. The fourth-order valence-corrected chi connectivity index (χ4v) is 4.04. The van der Waals surface area contributed by atoms with Crippen molar-refractivity contribution in [3.05, 3.63) is 69.7 Å². The van der Waals surface area contributed by atoms with E-state index in [9.17, 15) is 14.0 Å². The summed E-state index contributed by atoms with van der Waals surface area (Å²) < 4.78 is 20.2. The van der Waals surface area contributed by atoms with E-state index in [1.165, 1.54) is 22.7 Å². The number of hydrogen-bond donors (Lipinski definition) is 3. The molecular formula is C22H22FN5O3. The van der Waals surface area contributed by atoms with Crippen LogP contribution in [0.15, 0.2) is 41.2 Å². The molecule has 1 fully saturated rings. The summed E-state index contributed by atoms with van der Waals surface area (Å²) in [7, 11) is 0. The predicted octanol–water partition coefficient (Wildman–Crippen LogP) is 3.03. The zero-order valence-electron chi connectivity index (χ0n) is 16.9. The summed E-state index contributed by atoms with van der Waals surface area (Å²) in [5.41, 5.74) is 2.70. The van der Waals surface area contributed by atoms with Crippen molar-refractivity contribution in [2.24, 2.45) is 0 Å². The molecule has 0 spiro atoms. The van der Waals surface area contributed by atoms with Gasteiger partial charge < -0.3 is 15.0 Å². The first kappa shape index (κ1) is 19.5. The van der Waals surface area contributed by atoms with Crippen molar-refractivity contribution in [3.63, 3.8) is 0 Å². The van der Waals surface area contributed by atoms with Crippen molar-refractivity contribution >= 4 is 22.5 Å². The molecule has 160 valence electrons. The largest absolute Gasteiger partial charge is 0.381 e. The number of hydrogen-bond acceptors (Lipinski definition) is 4. The molecule has 5 rings (SSSR count). The number of fused-ring (bicyclic) bond motifs is 2. The molecule has 1 aliphatic heterocycles. The van der Waals surface area contributed by atoms with Crippen molar-refractivity contribution in [2.75, 3.05) is 13.2 Å². The quantitative estimate of drug-likeness (QED) is 0.469. The second-order valence-electron chi connectivity index (χ2n) is 7.92. The number of H-pyrrole nitrogens is 2. The topological polar surface area (TPSA) is 104 Å². The molecule has 4 heterocycles. The second kappa shape index (κ2) is 7.66. The molecule has 8 nitrogen and oxygen atoms in total. The predicted molar refractivity (Wildman–Crippen MR) is 113 cm³/mol. The van der Waals surface area contributed by atoms with Gasteiger partial charge in [-0.15, -0.1) is 0 Å². The summed E-state index contributed by atoms with van der Waals surface area (Å²) in [4.78, 5) is 32.9. The zero-order valence-corrected chi connectivity index (χ0v) is 16.9. The highest BCUT2D eigenvalue weighted by molar-refractivity contribution is 5.98. The van der Waals surface area contributed by atoms with Crippen LogP contribution in [0.2, 0.25) is 0 Å². The van der Waals surface area contributed by atoms with Gasteiger partial charge in [-0.3, -0.25) is 14.7 Å². The van der Waals surface area contributed by atoms with Gasteiger partial charge in [0.2, 0.25) is 0 Å². The second-order valence-corrected chi connectivity index (χ2v) is 7.92. The van der Waals surface area contributed by atoms with Crippen LogP contribution >= 0.6 is 0 Å². The highest BCUT2D eigenvalue weighted by atomic mass is 19.1. The first-order valence-electron chi connectivity index (χ1n) is 10.3. The maximum absolute atomic E-state index is 13.4. The van der Waals surface area contributed by atoms with Gasteiger partial charge in [0, 0.05) is 47.9 Å². The molecule has 0 saturated carbocycles. The molecule has 3 aromatic heterocycles. The van der Waals surface area contributed by atoms with E-state index < -0.39 is 6.04 Å². The molecule has 3 N–H and O–H groups in total. The Morgan fingerprint density at radius 2 is 2.06 bits per heavy atom. The Morgan fingerprint density at radius 1 is 1.26 bits per heavy atom. The SMILES string of the molecule is C[C@H](NC(=O)c1cc2cc(F)ccc2[nH]1)c1cc(=O)n2[nH]c(C3CCOCC3)cc2n1. The number of nitrogens with one attached hydrogen (secondary N) is 3. The molecule has 0 bridgehead atoms. The molecule has 1 amide bonds. The van der Waals surface area contributed by atoms with Gasteiger partial charge in [0.15, 0.2) is 5.65 Å². The van der Waals surface area contributed by atoms with E-state index >= 15 is 0 Å². The van der Waals surface area contributed by atoms with Crippen LogP contribution in [0.3, 0.4) is 0 Å². The van der Waals surface area contributed by atoms with Crippen LogP contribution in [0.1, 0.15) is 53.6 Å². The summed E-state index contributed by atoms with van der Waals surface area (Å²) in [5, 5.41) is 6.61. The number of benzene rings is 1. The Morgan fingerprint density at radius 3 is 2.87 bits per heavy atom. The van der Waals surface area contributed by atoms with Crippen molar-refractivity contribution in [2.45, 2.75) is 31.7 Å². The number of amides is 1. The van der Waals surface area contributed by atoms with Crippen molar-refractivity contribution in [3.8, 4) is 0 Å². The molecule has 1 aliphatic rings. The van der Waals surface area contributed by atoms with E-state index in [0.717, 1.165) is 18.5 Å². The summed E-state index contributed by atoms with van der Waals surface area (Å²) in [6.45, 7) is 3.18. The molecule has 0 aliphatic carbocycles. The lowest BCUT2D eigenvalue weighted by Crippen LogP contribution is -2.29. The maximum atomic E-state index is 13.4. The first-order valence-corrected chi connectivity index (χ1v) is 10.3. The minimum Gasteiger partial charge on any atom is -0.381 e. The number of carbonyl (C=O) groups is 1.